The van der Waals surface area contributed by atoms with Gasteiger partial charge in [-0.25, -0.2) is 4.90 Å². The average Bonchev–Trinajstić information content (AvgIpc) is 3.37. The van der Waals surface area contributed by atoms with E-state index in [2.05, 4.69) is 5.32 Å². The monoisotopic (exact) mass is 425 g/mol. The topological polar surface area (TPSA) is 69.7 Å². The second kappa shape index (κ2) is 7.52. The van der Waals surface area contributed by atoms with Crippen molar-refractivity contribution in [2.45, 2.75) is 13.8 Å². The summed E-state index contributed by atoms with van der Waals surface area (Å²) in [5.41, 5.74) is 3.58. The van der Waals surface area contributed by atoms with Crippen LogP contribution in [0.5, 0.6) is 0 Å². The smallest absolute Gasteiger partial charge is 0.266 e. The summed E-state index contributed by atoms with van der Waals surface area (Å²) in [6.07, 6.45) is 0. The number of imide groups is 1. The minimum absolute atomic E-state index is 0. The number of halogens is 1. The maximum absolute atomic E-state index is 13.1. The van der Waals surface area contributed by atoms with E-state index >= 15 is 0 Å². The largest absolute Gasteiger partial charge is 0.338 e. The molecular weight excluding hydrogens is 402 g/mol. The van der Waals surface area contributed by atoms with Gasteiger partial charge in [0, 0.05) is 31.7 Å². The van der Waals surface area contributed by atoms with Crippen molar-refractivity contribution in [3.8, 4) is 0 Å². The number of fused-ring (bicyclic) bond motifs is 2. The van der Waals surface area contributed by atoms with Gasteiger partial charge < -0.3 is 10.2 Å². The first-order chi connectivity index (χ1) is 13.9. The second-order valence-electron chi connectivity index (χ2n) is 8.38. The molecule has 0 unspecified atom stereocenters. The van der Waals surface area contributed by atoms with Crippen LogP contribution < -0.4 is 10.2 Å². The van der Waals surface area contributed by atoms with E-state index in [1.165, 1.54) is 4.90 Å². The van der Waals surface area contributed by atoms with Crippen molar-refractivity contribution >= 4 is 35.8 Å². The highest BCUT2D eigenvalue weighted by molar-refractivity contribution is 6.35. The Bertz CT molecular complexity index is 1060. The molecule has 0 bridgehead atoms. The fourth-order valence-electron chi connectivity index (χ4n) is 4.76. The summed E-state index contributed by atoms with van der Waals surface area (Å²) in [5.74, 6) is 0.260. The van der Waals surface area contributed by atoms with Crippen LogP contribution in [0.1, 0.15) is 42.2 Å². The summed E-state index contributed by atoms with van der Waals surface area (Å²) in [6, 6.07) is 10.6. The van der Waals surface area contributed by atoms with Gasteiger partial charge in [0.25, 0.3) is 17.7 Å². The molecule has 156 valence electrons. The Morgan fingerprint density at radius 3 is 2.30 bits per heavy atom. The van der Waals surface area contributed by atoms with E-state index in [0.29, 0.717) is 34.2 Å². The molecule has 5 rings (SSSR count). The molecular formula is C23H24ClN3O3. The Hall–Kier alpha value is -2.70. The molecule has 2 saturated heterocycles. The van der Waals surface area contributed by atoms with Crippen LogP contribution in [0.2, 0.25) is 0 Å². The number of carbonyl (C=O) groups is 3. The van der Waals surface area contributed by atoms with E-state index in [1.54, 1.807) is 18.2 Å². The summed E-state index contributed by atoms with van der Waals surface area (Å²) >= 11 is 0. The number of nitrogens with zero attached hydrogens (tertiary/aromatic N) is 2. The van der Waals surface area contributed by atoms with Gasteiger partial charge in [-0.05, 0) is 61.1 Å². The van der Waals surface area contributed by atoms with Crippen molar-refractivity contribution in [3.05, 3.63) is 64.2 Å². The molecule has 3 heterocycles. The lowest BCUT2D eigenvalue weighted by atomic mass is 10.0. The number of nitrogens with one attached hydrogen (secondary N) is 1. The first kappa shape index (κ1) is 20.6. The number of benzene rings is 2. The lowest BCUT2D eigenvalue weighted by Crippen LogP contribution is -2.32. The van der Waals surface area contributed by atoms with Crippen molar-refractivity contribution in [2.75, 3.05) is 31.1 Å². The summed E-state index contributed by atoms with van der Waals surface area (Å²) in [4.78, 5) is 42.2. The predicted molar refractivity (Wildman–Crippen MR) is 116 cm³/mol. The van der Waals surface area contributed by atoms with Crippen LogP contribution in [-0.4, -0.2) is 48.8 Å². The third-order valence-electron chi connectivity index (χ3n) is 6.42. The predicted octanol–water partition coefficient (Wildman–Crippen LogP) is 2.82. The van der Waals surface area contributed by atoms with Crippen LogP contribution in [0.15, 0.2) is 36.4 Å². The molecule has 0 spiro atoms. The molecule has 7 heteroatoms. The van der Waals surface area contributed by atoms with Gasteiger partial charge in [0.15, 0.2) is 0 Å². The molecule has 2 atom stereocenters. The van der Waals surface area contributed by atoms with Gasteiger partial charge in [-0.3, -0.25) is 14.4 Å². The van der Waals surface area contributed by atoms with Crippen molar-refractivity contribution in [3.63, 3.8) is 0 Å². The molecule has 2 aromatic rings. The second-order valence-corrected chi connectivity index (χ2v) is 8.38. The molecule has 2 fully saturated rings. The van der Waals surface area contributed by atoms with E-state index in [4.69, 9.17) is 0 Å². The molecule has 3 amide bonds. The molecule has 6 nitrogen and oxygen atoms in total. The van der Waals surface area contributed by atoms with Gasteiger partial charge in [-0.2, -0.15) is 0 Å². The van der Waals surface area contributed by atoms with Gasteiger partial charge in [0.1, 0.15) is 0 Å². The van der Waals surface area contributed by atoms with Gasteiger partial charge >= 0.3 is 0 Å². The highest BCUT2D eigenvalue weighted by Crippen LogP contribution is 2.33. The van der Waals surface area contributed by atoms with Crippen LogP contribution >= 0.6 is 12.4 Å². The SMILES string of the molecule is Cc1ccc(C)c(N2C(=O)c3ccc(C(=O)N4C[C@H]5CNC[C@H]5C4)cc3C2=O)c1.Cl. The maximum Gasteiger partial charge on any atom is 0.266 e. The number of anilines is 1. The highest BCUT2D eigenvalue weighted by Gasteiger charge is 2.40. The highest BCUT2D eigenvalue weighted by atomic mass is 35.5. The number of aryl methyl sites for hydroxylation is 2. The van der Waals surface area contributed by atoms with Crippen LogP contribution in [0.25, 0.3) is 0 Å². The van der Waals surface area contributed by atoms with E-state index in [-0.39, 0.29) is 30.1 Å². The van der Waals surface area contributed by atoms with Crippen LogP contribution in [-0.2, 0) is 0 Å². The molecule has 3 aliphatic rings. The number of hydrogen-bond acceptors (Lipinski definition) is 4. The summed E-state index contributed by atoms with van der Waals surface area (Å²) in [7, 11) is 0. The fraction of sp³-hybridized carbons (Fsp3) is 0.348. The van der Waals surface area contributed by atoms with E-state index in [1.807, 2.05) is 36.9 Å². The molecule has 0 radical (unpaired) electrons. The Morgan fingerprint density at radius 1 is 0.933 bits per heavy atom. The van der Waals surface area contributed by atoms with Gasteiger partial charge in [-0.1, -0.05) is 12.1 Å². The van der Waals surface area contributed by atoms with Gasteiger partial charge in [0.2, 0.25) is 0 Å². The standard InChI is InChI=1S/C23H23N3O3.ClH/c1-13-3-4-14(2)20(7-13)26-22(28)18-6-5-15(8-19(18)23(26)29)21(27)25-11-16-9-24-10-17(16)12-25;/h3-8,16-17,24H,9-12H2,1-2H3;1H/t16-,17+;. The quantitative estimate of drug-likeness (QED) is 0.751. The number of likely N-dealkylation sites (tertiary alicyclic amines) is 1. The average molecular weight is 426 g/mol. The van der Waals surface area contributed by atoms with Gasteiger partial charge in [-0.15, -0.1) is 12.4 Å². The molecule has 0 aromatic heterocycles. The first-order valence-electron chi connectivity index (χ1n) is 10.0. The fourth-order valence-corrected chi connectivity index (χ4v) is 4.76. The van der Waals surface area contributed by atoms with E-state index in [9.17, 15) is 14.4 Å². The van der Waals surface area contributed by atoms with Gasteiger partial charge in [0.05, 0.1) is 16.8 Å². The Kier molecular flexibility index (Phi) is 5.16. The minimum atomic E-state index is -0.365. The third kappa shape index (κ3) is 3.11. The number of amides is 3. The summed E-state index contributed by atoms with van der Waals surface area (Å²) < 4.78 is 0. The van der Waals surface area contributed by atoms with Crippen molar-refractivity contribution in [1.82, 2.24) is 10.2 Å². The lowest BCUT2D eigenvalue weighted by Gasteiger charge is -2.18. The minimum Gasteiger partial charge on any atom is -0.338 e. The zero-order valence-electron chi connectivity index (χ0n) is 17.0. The van der Waals surface area contributed by atoms with E-state index in [0.717, 1.165) is 37.3 Å². The van der Waals surface area contributed by atoms with Crippen LogP contribution in [0, 0.1) is 25.7 Å². The molecule has 0 saturated carbocycles. The lowest BCUT2D eigenvalue weighted by molar-refractivity contribution is 0.0781. The Morgan fingerprint density at radius 2 is 1.60 bits per heavy atom. The van der Waals surface area contributed by atoms with Crippen molar-refractivity contribution < 1.29 is 14.4 Å². The molecule has 1 N–H and O–H groups in total. The molecule has 0 aliphatic carbocycles. The normalized spacial score (nSPS) is 22.2. The van der Waals surface area contributed by atoms with E-state index < -0.39 is 0 Å². The third-order valence-corrected chi connectivity index (χ3v) is 6.42. The Balaban J connectivity index is 0.00000218. The number of hydrogen-bond donors (Lipinski definition) is 1. The maximum atomic E-state index is 13.1. The molecule has 30 heavy (non-hydrogen) atoms. The number of rotatable bonds is 2. The first-order valence-corrected chi connectivity index (χ1v) is 10.0. The van der Waals surface area contributed by atoms with Crippen LogP contribution in [0.4, 0.5) is 5.69 Å². The van der Waals surface area contributed by atoms with Crippen molar-refractivity contribution in [1.29, 1.82) is 0 Å². The summed E-state index contributed by atoms with van der Waals surface area (Å²) in [5, 5.41) is 3.37. The molecule has 3 aliphatic heterocycles. The van der Waals surface area contributed by atoms with Crippen molar-refractivity contribution in [2.24, 2.45) is 11.8 Å². The zero-order chi connectivity index (χ0) is 20.3. The van der Waals surface area contributed by atoms with Crippen LogP contribution in [0.3, 0.4) is 0 Å². The zero-order valence-corrected chi connectivity index (χ0v) is 17.8. The Labute approximate surface area is 181 Å². The summed E-state index contributed by atoms with van der Waals surface area (Å²) in [6.45, 7) is 7.21. The molecule has 2 aromatic carbocycles. The number of carbonyl (C=O) groups excluding carboxylic acids is 3.